The minimum Gasteiger partial charge on any atom is -0.364 e. The summed E-state index contributed by atoms with van der Waals surface area (Å²) in [4.78, 5) is 0. The lowest BCUT2D eigenvalue weighted by Gasteiger charge is -2.18. The van der Waals surface area contributed by atoms with Gasteiger partial charge in [-0.2, -0.15) is 0 Å². The number of hydrogen-bond acceptors (Lipinski definition) is 4. The number of benzene rings is 1. The van der Waals surface area contributed by atoms with Crippen LogP contribution in [-0.2, 0) is 10.3 Å². The van der Waals surface area contributed by atoms with E-state index in [9.17, 15) is 8.78 Å². The molecule has 2 atom stereocenters. The number of halogens is 2. The monoisotopic (exact) mass is 252 g/mol. The Bertz CT molecular complexity index is 568. The van der Waals surface area contributed by atoms with Crippen molar-refractivity contribution in [2.24, 2.45) is 0 Å². The Labute approximate surface area is 101 Å². The first-order valence-corrected chi connectivity index (χ1v) is 5.46. The summed E-state index contributed by atoms with van der Waals surface area (Å²) in [7, 11) is 0. The van der Waals surface area contributed by atoms with Crippen molar-refractivity contribution in [2.75, 3.05) is 6.61 Å². The third kappa shape index (κ3) is 1.59. The Hall–Kier alpha value is -1.89. The van der Waals surface area contributed by atoms with Gasteiger partial charge in [-0.15, -0.1) is 5.10 Å². The fourth-order valence-electron chi connectivity index (χ4n) is 2.12. The predicted octanol–water partition coefficient (Wildman–Crippen LogP) is 1.51. The van der Waals surface area contributed by atoms with E-state index in [0.29, 0.717) is 18.0 Å². The van der Waals surface area contributed by atoms with Gasteiger partial charge in [0, 0.05) is 11.6 Å². The molecule has 0 unspecified atom stereocenters. The third-order valence-electron chi connectivity index (χ3n) is 3.31. The van der Waals surface area contributed by atoms with Crippen molar-refractivity contribution >= 4 is 0 Å². The summed E-state index contributed by atoms with van der Waals surface area (Å²) in [6.07, 6.45) is 0. The van der Waals surface area contributed by atoms with Crippen molar-refractivity contribution < 1.29 is 13.5 Å². The van der Waals surface area contributed by atoms with Crippen LogP contribution in [0.25, 0.3) is 0 Å². The van der Waals surface area contributed by atoms with E-state index in [0.717, 1.165) is 6.07 Å². The summed E-state index contributed by atoms with van der Waals surface area (Å²) in [5, 5.41) is 13.4. The standard InChI is InChI=1S/C11H10F2N4O/c1-6(10-14-16-17-15-10)11(5-18-11)8-3-2-7(12)4-9(8)13/h2-4,6H,5H2,1H3,(H,14,15,16,17)/t6-,11+/m1/s1. The number of aromatic amines is 1. The van der Waals surface area contributed by atoms with E-state index in [4.69, 9.17) is 4.74 Å². The van der Waals surface area contributed by atoms with E-state index in [2.05, 4.69) is 20.6 Å². The quantitative estimate of drug-likeness (QED) is 0.841. The summed E-state index contributed by atoms with van der Waals surface area (Å²) < 4.78 is 32.1. The average Bonchev–Trinajstić information content (AvgIpc) is 2.95. The zero-order valence-corrected chi connectivity index (χ0v) is 9.52. The molecule has 1 aliphatic heterocycles. The molecule has 3 rings (SSSR count). The molecule has 1 saturated heterocycles. The van der Waals surface area contributed by atoms with E-state index in [1.54, 1.807) is 0 Å². The molecule has 1 aromatic carbocycles. The van der Waals surface area contributed by atoms with Gasteiger partial charge >= 0.3 is 0 Å². The Balaban J connectivity index is 2.00. The van der Waals surface area contributed by atoms with Gasteiger partial charge in [0.25, 0.3) is 0 Å². The second-order valence-corrected chi connectivity index (χ2v) is 4.31. The van der Waals surface area contributed by atoms with Crippen LogP contribution in [0.3, 0.4) is 0 Å². The SMILES string of the molecule is C[C@H](c1nnn[nH]1)[C@]1(c2ccc(F)cc2F)CO1. The lowest BCUT2D eigenvalue weighted by molar-refractivity contribution is 0.261. The van der Waals surface area contributed by atoms with Crippen LogP contribution in [0.1, 0.15) is 24.2 Å². The lowest BCUT2D eigenvalue weighted by atomic mass is 9.86. The van der Waals surface area contributed by atoms with E-state index >= 15 is 0 Å². The third-order valence-corrected chi connectivity index (χ3v) is 3.31. The van der Waals surface area contributed by atoms with Crippen LogP contribution in [-0.4, -0.2) is 27.2 Å². The Morgan fingerprint density at radius 3 is 2.78 bits per heavy atom. The molecule has 1 N–H and O–H groups in total. The van der Waals surface area contributed by atoms with Crippen LogP contribution in [0, 0.1) is 11.6 Å². The largest absolute Gasteiger partial charge is 0.364 e. The minimum absolute atomic E-state index is 0.243. The molecule has 0 spiro atoms. The molecule has 94 valence electrons. The maximum Gasteiger partial charge on any atom is 0.154 e. The van der Waals surface area contributed by atoms with Gasteiger partial charge < -0.3 is 4.74 Å². The first-order chi connectivity index (χ1) is 8.63. The maximum absolute atomic E-state index is 13.8. The van der Waals surface area contributed by atoms with Crippen LogP contribution in [0.2, 0.25) is 0 Å². The van der Waals surface area contributed by atoms with Gasteiger partial charge in [0.15, 0.2) is 5.82 Å². The summed E-state index contributed by atoms with van der Waals surface area (Å²) in [5.41, 5.74) is -0.480. The number of epoxide rings is 1. The molecule has 2 heterocycles. The van der Waals surface area contributed by atoms with Gasteiger partial charge in [0.05, 0.1) is 12.5 Å². The van der Waals surface area contributed by atoms with E-state index in [1.165, 1.54) is 12.1 Å². The van der Waals surface area contributed by atoms with Gasteiger partial charge in [0.1, 0.15) is 17.2 Å². The lowest BCUT2D eigenvalue weighted by Crippen LogP contribution is -2.20. The second kappa shape index (κ2) is 3.81. The molecule has 2 aromatic rings. The van der Waals surface area contributed by atoms with Crippen LogP contribution in [0.15, 0.2) is 18.2 Å². The smallest absolute Gasteiger partial charge is 0.154 e. The van der Waals surface area contributed by atoms with Crippen molar-refractivity contribution in [3.05, 3.63) is 41.2 Å². The molecule has 18 heavy (non-hydrogen) atoms. The van der Waals surface area contributed by atoms with Gasteiger partial charge in [-0.1, -0.05) is 13.0 Å². The van der Waals surface area contributed by atoms with Gasteiger partial charge in [-0.05, 0) is 16.5 Å². The maximum atomic E-state index is 13.8. The van der Waals surface area contributed by atoms with Crippen LogP contribution < -0.4 is 0 Å². The fourth-order valence-corrected chi connectivity index (χ4v) is 2.12. The zero-order valence-electron chi connectivity index (χ0n) is 9.52. The second-order valence-electron chi connectivity index (χ2n) is 4.31. The van der Waals surface area contributed by atoms with Gasteiger partial charge in [-0.25, -0.2) is 13.9 Å². The summed E-state index contributed by atoms with van der Waals surface area (Å²) in [6.45, 7) is 2.19. The molecule has 0 aliphatic carbocycles. The van der Waals surface area contributed by atoms with Gasteiger partial charge in [-0.3, -0.25) is 0 Å². The van der Waals surface area contributed by atoms with Crippen molar-refractivity contribution in [2.45, 2.75) is 18.4 Å². The van der Waals surface area contributed by atoms with Crippen LogP contribution in [0.4, 0.5) is 8.78 Å². The number of aromatic nitrogens is 4. The highest BCUT2D eigenvalue weighted by Gasteiger charge is 2.54. The van der Waals surface area contributed by atoms with Crippen molar-refractivity contribution in [3.8, 4) is 0 Å². The highest BCUT2D eigenvalue weighted by atomic mass is 19.1. The van der Waals surface area contributed by atoms with Crippen LogP contribution in [0.5, 0.6) is 0 Å². The highest BCUT2D eigenvalue weighted by Crippen LogP contribution is 2.49. The molecular formula is C11H10F2N4O. The summed E-state index contributed by atoms with van der Waals surface area (Å²) in [6, 6.07) is 3.47. The molecule has 0 bridgehead atoms. The molecule has 1 aliphatic rings. The normalized spacial score (nSPS) is 23.9. The number of nitrogens with one attached hydrogen (secondary N) is 1. The first kappa shape index (κ1) is 11.2. The number of rotatable bonds is 3. The Morgan fingerprint density at radius 1 is 1.44 bits per heavy atom. The molecule has 1 fully saturated rings. The molecule has 0 amide bonds. The van der Waals surface area contributed by atoms with Crippen molar-refractivity contribution in [3.63, 3.8) is 0 Å². The van der Waals surface area contributed by atoms with Crippen LogP contribution >= 0.6 is 0 Å². The van der Waals surface area contributed by atoms with E-state index in [-0.39, 0.29) is 5.92 Å². The molecule has 1 aromatic heterocycles. The molecular weight excluding hydrogens is 242 g/mol. The average molecular weight is 252 g/mol. The Morgan fingerprint density at radius 2 is 2.22 bits per heavy atom. The van der Waals surface area contributed by atoms with Gasteiger partial charge in [0.2, 0.25) is 0 Å². The molecule has 0 saturated carbocycles. The van der Waals surface area contributed by atoms with E-state index < -0.39 is 17.2 Å². The summed E-state index contributed by atoms with van der Waals surface area (Å²) >= 11 is 0. The first-order valence-electron chi connectivity index (χ1n) is 5.46. The summed E-state index contributed by atoms with van der Waals surface area (Å²) in [5.74, 6) is -0.962. The fraction of sp³-hybridized carbons (Fsp3) is 0.364. The van der Waals surface area contributed by atoms with Crippen molar-refractivity contribution in [1.29, 1.82) is 0 Å². The Kier molecular flexibility index (Phi) is 2.37. The number of nitrogens with zero attached hydrogens (tertiary/aromatic N) is 3. The molecule has 7 heteroatoms. The van der Waals surface area contributed by atoms with Crippen molar-refractivity contribution in [1.82, 2.24) is 20.6 Å². The minimum atomic E-state index is -0.807. The zero-order chi connectivity index (χ0) is 12.8. The number of hydrogen-bond donors (Lipinski definition) is 1. The number of tetrazole rings is 1. The highest BCUT2D eigenvalue weighted by molar-refractivity contribution is 5.32. The topological polar surface area (TPSA) is 67.0 Å². The molecule has 0 radical (unpaired) electrons. The number of H-pyrrole nitrogens is 1. The van der Waals surface area contributed by atoms with E-state index in [1.807, 2.05) is 6.92 Å². The molecule has 5 nitrogen and oxygen atoms in total. The predicted molar refractivity (Wildman–Crippen MR) is 56.6 cm³/mol. The number of ether oxygens (including phenoxy) is 1.